The molecule has 1 amide bonds. The Labute approximate surface area is 154 Å². The number of nitrogens with zero attached hydrogens (tertiary/aromatic N) is 3. The molecule has 0 radical (unpaired) electrons. The molecule has 0 spiro atoms. The van der Waals surface area contributed by atoms with Crippen LogP contribution in [-0.4, -0.2) is 16.0 Å². The maximum atomic E-state index is 12.2. The second-order valence-electron chi connectivity index (χ2n) is 5.99. The van der Waals surface area contributed by atoms with Gasteiger partial charge in [0.1, 0.15) is 23.1 Å². The number of carbonyl (C=O) groups is 1. The van der Waals surface area contributed by atoms with Crippen LogP contribution in [0.3, 0.4) is 0 Å². The van der Waals surface area contributed by atoms with Crippen molar-refractivity contribution in [1.29, 1.82) is 5.26 Å². The SMILES string of the molecule is N#CC(=CC1CC1)C(=O)N(O)c1ccc(Oc2ccc([N+](=O)[O-])cc2)cc1. The van der Waals surface area contributed by atoms with Crippen molar-refractivity contribution in [2.24, 2.45) is 5.92 Å². The largest absolute Gasteiger partial charge is 0.457 e. The molecule has 0 bridgehead atoms. The minimum atomic E-state index is -0.784. The Bertz CT molecular complexity index is 925. The molecule has 0 aromatic heterocycles. The molecule has 1 aliphatic rings. The Hall–Kier alpha value is -3.70. The number of allylic oxidation sites excluding steroid dienone is 1. The summed E-state index contributed by atoms with van der Waals surface area (Å²) in [4.78, 5) is 22.3. The van der Waals surface area contributed by atoms with E-state index in [-0.39, 0.29) is 22.9 Å². The van der Waals surface area contributed by atoms with Gasteiger partial charge >= 0.3 is 0 Å². The van der Waals surface area contributed by atoms with E-state index in [0.717, 1.165) is 12.8 Å². The molecule has 3 rings (SSSR count). The van der Waals surface area contributed by atoms with Crippen molar-refractivity contribution in [3.05, 3.63) is 70.3 Å². The van der Waals surface area contributed by atoms with Crippen LogP contribution in [0.25, 0.3) is 0 Å². The quantitative estimate of drug-likeness (QED) is 0.272. The topological polar surface area (TPSA) is 117 Å². The number of nitro groups is 1. The number of anilines is 1. The van der Waals surface area contributed by atoms with Crippen molar-refractivity contribution in [2.75, 3.05) is 5.06 Å². The summed E-state index contributed by atoms with van der Waals surface area (Å²) in [5.41, 5.74) is 0.0545. The molecule has 8 heteroatoms. The van der Waals surface area contributed by atoms with Crippen molar-refractivity contribution in [3.63, 3.8) is 0 Å². The molecular weight excluding hydrogens is 350 g/mol. The highest BCUT2D eigenvalue weighted by Gasteiger charge is 2.24. The zero-order valence-corrected chi connectivity index (χ0v) is 14.1. The van der Waals surface area contributed by atoms with Crippen LogP contribution in [0.1, 0.15) is 12.8 Å². The molecule has 136 valence electrons. The fourth-order valence-corrected chi connectivity index (χ4v) is 2.31. The lowest BCUT2D eigenvalue weighted by Gasteiger charge is -2.15. The maximum Gasteiger partial charge on any atom is 0.292 e. The number of hydrogen-bond acceptors (Lipinski definition) is 6. The number of hydrogen-bond donors (Lipinski definition) is 1. The van der Waals surface area contributed by atoms with Crippen LogP contribution in [0.5, 0.6) is 11.5 Å². The van der Waals surface area contributed by atoms with Crippen molar-refractivity contribution in [2.45, 2.75) is 12.8 Å². The predicted molar refractivity (Wildman–Crippen MR) is 95.3 cm³/mol. The lowest BCUT2D eigenvalue weighted by atomic mass is 10.2. The molecule has 2 aromatic rings. The summed E-state index contributed by atoms with van der Waals surface area (Å²) in [6, 6.07) is 13.4. The first-order valence-electron chi connectivity index (χ1n) is 8.15. The van der Waals surface area contributed by atoms with Crippen molar-refractivity contribution in [1.82, 2.24) is 0 Å². The summed E-state index contributed by atoms with van der Waals surface area (Å²) in [5.74, 6) is 0.273. The fourth-order valence-electron chi connectivity index (χ4n) is 2.31. The lowest BCUT2D eigenvalue weighted by molar-refractivity contribution is -0.384. The molecule has 27 heavy (non-hydrogen) atoms. The number of rotatable bonds is 6. The normalized spacial score (nSPS) is 13.6. The van der Waals surface area contributed by atoms with E-state index in [1.807, 2.05) is 6.07 Å². The number of carbonyl (C=O) groups excluding carboxylic acids is 1. The van der Waals surface area contributed by atoms with Crippen molar-refractivity contribution >= 4 is 17.3 Å². The molecule has 0 saturated heterocycles. The number of benzene rings is 2. The van der Waals surface area contributed by atoms with Gasteiger partial charge in [0.15, 0.2) is 0 Å². The van der Waals surface area contributed by atoms with E-state index in [4.69, 9.17) is 10.00 Å². The fraction of sp³-hybridized carbons (Fsp3) is 0.158. The molecule has 0 unspecified atom stereocenters. The van der Waals surface area contributed by atoms with Crippen LogP contribution in [0.15, 0.2) is 60.2 Å². The average molecular weight is 365 g/mol. The Kier molecular flexibility index (Phi) is 5.15. The molecular formula is C19H15N3O5. The molecule has 1 saturated carbocycles. The van der Waals surface area contributed by atoms with E-state index in [1.54, 1.807) is 6.08 Å². The van der Waals surface area contributed by atoms with Gasteiger partial charge in [-0.05, 0) is 55.2 Å². The van der Waals surface area contributed by atoms with Gasteiger partial charge in [-0.2, -0.15) is 10.3 Å². The minimum Gasteiger partial charge on any atom is -0.457 e. The maximum absolute atomic E-state index is 12.2. The van der Waals surface area contributed by atoms with Gasteiger partial charge in [-0.15, -0.1) is 0 Å². The smallest absolute Gasteiger partial charge is 0.292 e. The molecule has 1 N–H and O–H groups in total. The minimum absolute atomic E-state index is 0.0420. The third-order valence-corrected chi connectivity index (χ3v) is 3.93. The summed E-state index contributed by atoms with van der Waals surface area (Å²) >= 11 is 0. The summed E-state index contributed by atoms with van der Waals surface area (Å²) in [6.45, 7) is 0. The highest BCUT2D eigenvalue weighted by molar-refractivity contribution is 6.06. The number of amides is 1. The molecule has 2 aromatic carbocycles. The highest BCUT2D eigenvalue weighted by Crippen LogP contribution is 2.32. The first-order valence-corrected chi connectivity index (χ1v) is 8.15. The Morgan fingerprint density at radius 3 is 2.22 bits per heavy atom. The van der Waals surface area contributed by atoms with E-state index < -0.39 is 10.8 Å². The number of nitro benzene ring substituents is 1. The zero-order chi connectivity index (χ0) is 19.4. The molecule has 1 fully saturated rings. The van der Waals surface area contributed by atoms with E-state index in [0.29, 0.717) is 16.6 Å². The first-order chi connectivity index (χ1) is 13.0. The number of hydroxylamine groups is 1. The van der Waals surface area contributed by atoms with E-state index >= 15 is 0 Å². The van der Waals surface area contributed by atoms with Crippen LogP contribution in [-0.2, 0) is 4.79 Å². The van der Waals surface area contributed by atoms with Gasteiger partial charge < -0.3 is 4.74 Å². The van der Waals surface area contributed by atoms with Crippen LogP contribution >= 0.6 is 0 Å². The zero-order valence-electron chi connectivity index (χ0n) is 14.1. The average Bonchev–Trinajstić information content (AvgIpc) is 3.50. The predicted octanol–water partition coefficient (Wildman–Crippen LogP) is 3.97. The van der Waals surface area contributed by atoms with Gasteiger partial charge in [-0.3, -0.25) is 20.1 Å². The highest BCUT2D eigenvalue weighted by atomic mass is 16.6. The summed E-state index contributed by atoms with van der Waals surface area (Å²) in [7, 11) is 0. The molecule has 0 heterocycles. The van der Waals surface area contributed by atoms with Crippen molar-refractivity contribution < 1.29 is 19.7 Å². The Morgan fingerprint density at radius 2 is 1.74 bits per heavy atom. The number of non-ortho nitro benzene ring substituents is 1. The number of nitriles is 1. The lowest BCUT2D eigenvalue weighted by Crippen LogP contribution is -2.28. The second kappa shape index (κ2) is 7.68. The van der Waals surface area contributed by atoms with E-state index in [1.165, 1.54) is 48.5 Å². The van der Waals surface area contributed by atoms with E-state index in [9.17, 15) is 20.1 Å². The molecule has 1 aliphatic carbocycles. The molecule has 0 aliphatic heterocycles. The van der Waals surface area contributed by atoms with E-state index in [2.05, 4.69) is 0 Å². The van der Waals surface area contributed by atoms with Gasteiger partial charge in [0.05, 0.1) is 10.6 Å². The monoisotopic (exact) mass is 365 g/mol. The van der Waals surface area contributed by atoms with Gasteiger partial charge in [-0.25, -0.2) is 0 Å². The van der Waals surface area contributed by atoms with Crippen LogP contribution < -0.4 is 9.80 Å². The van der Waals surface area contributed by atoms with Crippen LogP contribution in [0.2, 0.25) is 0 Å². The van der Waals surface area contributed by atoms with Gasteiger partial charge in [0, 0.05) is 12.1 Å². The summed E-state index contributed by atoms with van der Waals surface area (Å²) in [5, 5.41) is 30.2. The van der Waals surface area contributed by atoms with Gasteiger partial charge in [0.25, 0.3) is 11.6 Å². The van der Waals surface area contributed by atoms with Gasteiger partial charge in [0.2, 0.25) is 0 Å². The summed E-state index contributed by atoms with van der Waals surface area (Å²) < 4.78 is 5.57. The molecule has 8 nitrogen and oxygen atoms in total. The van der Waals surface area contributed by atoms with Crippen LogP contribution in [0.4, 0.5) is 11.4 Å². The Balaban J connectivity index is 1.68. The number of ether oxygens (including phenoxy) is 1. The molecule has 0 atom stereocenters. The van der Waals surface area contributed by atoms with Crippen molar-refractivity contribution in [3.8, 4) is 17.6 Å². The summed E-state index contributed by atoms with van der Waals surface area (Å²) in [6.07, 6.45) is 3.47. The standard InChI is InChI=1S/C19H15N3O5/c20-12-14(11-13-1-2-13)19(23)21(24)15-3-7-17(8-4-15)27-18-9-5-16(6-10-18)22(25)26/h3-11,13,24H,1-2H2. The van der Waals surface area contributed by atoms with Gasteiger partial charge in [-0.1, -0.05) is 6.08 Å². The first kappa shape index (κ1) is 18.1. The Morgan fingerprint density at radius 1 is 1.19 bits per heavy atom. The second-order valence-corrected chi connectivity index (χ2v) is 5.99. The third-order valence-electron chi connectivity index (χ3n) is 3.93. The van der Waals surface area contributed by atoms with Crippen LogP contribution in [0, 0.1) is 27.4 Å². The third kappa shape index (κ3) is 4.48.